The fourth-order valence-electron chi connectivity index (χ4n) is 3.40. The number of aromatic nitrogens is 4. The van der Waals surface area contributed by atoms with Gasteiger partial charge in [-0.3, -0.25) is 14.9 Å². The van der Waals surface area contributed by atoms with Gasteiger partial charge in [-0.25, -0.2) is 9.97 Å². The third-order valence-electron chi connectivity index (χ3n) is 4.78. The van der Waals surface area contributed by atoms with Gasteiger partial charge in [-0.15, -0.1) is 0 Å². The van der Waals surface area contributed by atoms with E-state index in [0.29, 0.717) is 0 Å². The molecule has 5 nitrogen and oxygen atoms in total. The number of hydrogen-bond acceptors (Lipinski definition) is 5. The van der Waals surface area contributed by atoms with Crippen molar-refractivity contribution in [2.75, 3.05) is 7.05 Å². The predicted molar refractivity (Wildman–Crippen MR) is 120 cm³/mol. The highest BCUT2D eigenvalue weighted by molar-refractivity contribution is 5.55. The zero-order valence-corrected chi connectivity index (χ0v) is 17.6. The van der Waals surface area contributed by atoms with Gasteiger partial charge in [-0.1, -0.05) is 24.3 Å². The smallest absolute Gasteiger partial charge is 0.0890 e. The van der Waals surface area contributed by atoms with Crippen molar-refractivity contribution in [3.8, 4) is 22.8 Å². The van der Waals surface area contributed by atoms with Crippen molar-refractivity contribution in [3.05, 3.63) is 95.6 Å². The van der Waals surface area contributed by atoms with Crippen molar-refractivity contribution in [3.63, 3.8) is 0 Å². The van der Waals surface area contributed by atoms with E-state index in [1.807, 2.05) is 74.5 Å². The molecule has 0 spiro atoms. The fourth-order valence-corrected chi connectivity index (χ4v) is 3.40. The third kappa shape index (κ3) is 4.93. The van der Waals surface area contributed by atoms with Crippen molar-refractivity contribution in [1.82, 2.24) is 24.8 Å². The molecule has 0 aromatic carbocycles. The van der Waals surface area contributed by atoms with Crippen LogP contribution in [0.4, 0.5) is 0 Å². The Bertz CT molecular complexity index is 1060. The van der Waals surface area contributed by atoms with Crippen LogP contribution in [0.1, 0.15) is 22.8 Å². The summed E-state index contributed by atoms with van der Waals surface area (Å²) in [5, 5.41) is 0. The Morgan fingerprint density at radius 1 is 0.533 bits per heavy atom. The van der Waals surface area contributed by atoms with Gasteiger partial charge in [0.2, 0.25) is 0 Å². The molecule has 0 N–H and O–H groups in total. The van der Waals surface area contributed by atoms with Gasteiger partial charge in [0.25, 0.3) is 0 Å². The van der Waals surface area contributed by atoms with Crippen LogP contribution in [-0.4, -0.2) is 31.9 Å². The van der Waals surface area contributed by atoms with Crippen molar-refractivity contribution in [2.45, 2.75) is 26.9 Å². The topological polar surface area (TPSA) is 54.8 Å². The lowest BCUT2D eigenvalue weighted by molar-refractivity contribution is 0.311. The van der Waals surface area contributed by atoms with Crippen LogP contribution in [-0.2, 0) is 13.1 Å². The number of aryl methyl sites for hydroxylation is 2. The maximum absolute atomic E-state index is 4.81. The molecule has 4 rings (SSSR count). The Hall–Kier alpha value is -3.44. The lowest BCUT2D eigenvalue weighted by Crippen LogP contribution is -2.19. The second-order valence-electron chi connectivity index (χ2n) is 7.53. The Labute approximate surface area is 177 Å². The summed E-state index contributed by atoms with van der Waals surface area (Å²) in [4.78, 5) is 21.0. The van der Waals surface area contributed by atoms with E-state index in [4.69, 9.17) is 9.97 Å². The van der Waals surface area contributed by atoms with Gasteiger partial charge in [-0.2, -0.15) is 0 Å². The highest BCUT2D eigenvalue weighted by atomic mass is 15.1. The molecule has 0 atom stereocenters. The molecule has 0 saturated heterocycles. The van der Waals surface area contributed by atoms with Crippen molar-refractivity contribution in [1.29, 1.82) is 0 Å². The van der Waals surface area contributed by atoms with Crippen LogP contribution >= 0.6 is 0 Å². The molecule has 4 aromatic heterocycles. The third-order valence-corrected chi connectivity index (χ3v) is 4.78. The number of hydrogen-bond donors (Lipinski definition) is 0. The van der Waals surface area contributed by atoms with Gasteiger partial charge in [0.05, 0.1) is 34.2 Å². The van der Waals surface area contributed by atoms with E-state index < -0.39 is 0 Å². The molecule has 0 unspecified atom stereocenters. The second kappa shape index (κ2) is 8.93. The first-order valence-corrected chi connectivity index (χ1v) is 10.1. The molecule has 4 aromatic rings. The summed E-state index contributed by atoms with van der Waals surface area (Å²) in [5.41, 5.74) is 7.60. The van der Waals surface area contributed by atoms with Crippen LogP contribution in [0.3, 0.4) is 0 Å². The van der Waals surface area contributed by atoms with Gasteiger partial charge in [0, 0.05) is 24.5 Å². The molecule has 0 fully saturated rings. The molecule has 4 heterocycles. The van der Waals surface area contributed by atoms with E-state index in [1.165, 1.54) is 0 Å². The SMILES string of the molecule is Cc1cccc(-c2cccc(CN(C)Cc3cccc(-c4cccc(C)n4)n3)n2)n1. The minimum Gasteiger partial charge on any atom is -0.295 e. The van der Waals surface area contributed by atoms with Crippen LogP contribution in [0.5, 0.6) is 0 Å². The Morgan fingerprint density at radius 2 is 0.900 bits per heavy atom. The van der Waals surface area contributed by atoms with E-state index in [-0.39, 0.29) is 0 Å². The van der Waals surface area contributed by atoms with E-state index in [2.05, 4.69) is 34.0 Å². The van der Waals surface area contributed by atoms with Crippen LogP contribution in [0, 0.1) is 13.8 Å². The monoisotopic (exact) mass is 395 g/mol. The number of rotatable bonds is 6. The minimum absolute atomic E-state index is 0.730. The van der Waals surface area contributed by atoms with Gasteiger partial charge in [0.15, 0.2) is 0 Å². The molecule has 0 aliphatic heterocycles. The average Bonchev–Trinajstić information content (AvgIpc) is 2.74. The molecule has 0 aliphatic carbocycles. The summed E-state index contributed by atoms with van der Waals surface area (Å²) in [6.07, 6.45) is 0. The number of nitrogens with zero attached hydrogens (tertiary/aromatic N) is 5. The average molecular weight is 396 g/mol. The Balaban J connectivity index is 1.47. The molecule has 150 valence electrons. The van der Waals surface area contributed by atoms with E-state index in [0.717, 1.165) is 58.6 Å². The summed E-state index contributed by atoms with van der Waals surface area (Å²) >= 11 is 0. The molecular weight excluding hydrogens is 370 g/mol. The molecule has 30 heavy (non-hydrogen) atoms. The predicted octanol–water partition coefficient (Wildman–Crippen LogP) is 4.85. The molecule has 0 amide bonds. The van der Waals surface area contributed by atoms with Gasteiger partial charge >= 0.3 is 0 Å². The summed E-state index contributed by atoms with van der Waals surface area (Å²) in [6, 6.07) is 24.2. The first-order valence-electron chi connectivity index (χ1n) is 10.1. The highest BCUT2D eigenvalue weighted by Crippen LogP contribution is 2.18. The normalized spacial score (nSPS) is 11.1. The highest BCUT2D eigenvalue weighted by Gasteiger charge is 2.08. The van der Waals surface area contributed by atoms with Crippen molar-refractivity contribution >= 4 is 0 Å². The first-order chi connectivity index (χ1) is 14.6. The van der Waals surface area contributed by atoms with Gasteiger partial charge in [0.1, 0.15) is 0 Å². The molecule has 5 heteroatoms. The van der Waals surface area contributed by atoms with E-state index in [1.54, 1.807) is 0 Å². The maximum atomic E-state index is 4.81. The summed E-state index contributed by atoms with van der Waals surface area (Å²) in [7, 11) is 2.08. The maximum Gasteiger partial charge on any atom is 0.0890 e. The molecular formula is C25H25N5. The molecule has 0 aliphatic rings. The molecule has 0 saturated carbocycles. The van der Waals surface area contributed by atoms with E-state index in [9.17, 15) is 0 Å². The first kappa shape index (κ1) is 19.9. The van der Waals surface area contributed by atoms with Gasteiger partial charge in [-0.05, 0) is 69.4 Å². The van der Waals surface area contributed by atoms with Crippen LogP contribution in [0.25, 0.3) is 22.8 Å². The largest absolute Gasteiger partial charge is 0.295 e. The minimum atomic E-state index is 0.730. The van der Waals surface area contributed by atoms with Gasteiger partial charge < -0.3 is 0 Å². The van der Waals surface area contributed by atoms with Crippen LogP contribution in [0.2, 0.25) is 0 Å². The van der Waals surface area contributed by atoms with Crippen LogP contribution < -0.4 is 0 Å². The second-order valence-corrected chi connectivity index (χ2v) is 7.53. The molecule has 0 bridgehead atoms. The van der Waals surface area contributed by atoms with Crippen molar-refractivity contribution < 1.29 is 0 Å². The zero-order chi connectivity index (χ0) is 20.9. The summed E-state index contributed by atoms with van der Waals surface area (Å²) in [6.45, 7) is 5.45. The Kier molecular flexibility index (Phi) is 5.91. The van der Waals surface area contributed by atoms with Crippen molar-refractivity contribution in [2.24, 2.45) is 0 Å². The van der Waals surface area contributed by atoms with Crippen LogP contribution in [0.15, 0.2) is 72.8 Å². The quantitative estimate of drug-likeness (QED) is 0.467. The lowest BCUT2D eigenvalue weighted by Gasteiger charge is -2.16. The summed E-state index contributed by atoms with van der Waals surface area (Å²) < 4.78 is 0. The Morgan fingerprint density at radius 3 is 1.30 bits per heavy atom. The standard InChI is InChI=1S/C25H25N5/c1-18-8-4-12-22(26-18)24-14-6-10-20(28-24)16-30(3)17-21-11-7-15-25(29-21)23-13-5-9-19(2)27-23/h4-15H,16-17H2,1-3H3. The number of pyridine rings is 4. The molecule has 0 radical (unpaired) electrons. The fraction of sp³-hybridized carbons (Fsp3) is 0.200. The van der Waals surface area contributed by atoms with E-state index >= 15 is 0 Å². The lowest BCUT2D eigenvalue weighted by atomic mass is 10.2. The zero-order valence-electron chi connectivity index (χ0n) is 17.6. The summed E-state index contributed by atoms with van der Waals surface area (Å²) in [5.74, 6) is 0.